The van der Waals surface area contributed by atoms with E-state index < -0.39 is 0 Å². The fraction of sp³-hybridized carbons (Fsp3) is 0.412. The first-order chi connectivity index (χ1) is 10.2. The third-order valence-electron chi connectivity index (χ3n) is 3.89. The number of hydrogen-bond acceptors (Lipinski definition) is 3. The number of hydrogen-bond donors (Lipinski definition) is 1. The zero-order valence-corrected chi connectivity index (χ0v) is 15.4. The van der Waals surface area contributed by atoms with E-state index in [2.05, 4.69) is 75.6 Å². The molecule has 4 heteroatoms. The lowest BCUT2D eigenvalue weighted by atomic mass is 10.2. The van der Waals surface area contributed by atoms with E-state index in [1.165, 1.54) is 45.6 Å². The molecule has 0 spiro atoms. The van der Waals surface area contributed by atoms with Crippen molar-refractivity contribution in [3.05, 3.63) is 45.1 Å². The summed E-state index contributed by atoms with van der Waals surface area (Å²) in [5.41, 5.74) is 1.27. The third kappa shape index (κ3) is 3.85. The smallest absolute Gasteiger partial charge is 0.0590 e. The van der Waals surface area contributed by atoms with Crippen LogP contribution in [0.2, 0.25) is 0 Å². The lowest BCUT2D eigenvalue weighted by molar-refractivity contribution is 0.886. The van der Waals surface area contributed by atoms with Gasteiger partial charge >= 0.3 is 0 Å². The van der Waals surface area contributed by atoms with Crippen LogP contribution in [-0.2, 0) is 0 Å². The van der Waals surface area contributed by atoms with Crippen LogP contribution in [0.5, 0.6) is 0 Å². The van der Waals surface area contributed by atoms with E-state index >= 15 is 0 Å². The summed E-state index contributed by atoms with van der Waals surface area (Å²) in [6, 6.07) is 11.2. The van der Waals surface area contributed by atoms with Gasteiger partial charge < -0.3 is 5.32 Å². The van der Waals surface area contributed by atoms with Gasteiger partial charge in [0.15, 0.2) is 0 Å². The van der Waals surface area contributed by atoms with Gasteiger partial charge in [-0.15, -0.1) is 23.1 Å². The summed E-state index contributed by atoms with van der Waals surface area (Å²) in [5.74, 6) is 0. The van der Waals surface area contributed by atoms with Crippen molar-refractivity contribution < 1.29 is 0 Å². The van der Waals surface area contributed by atoms with Gasteiger partial charge in [0.2, 0.25) is 0 Å². The Hall–Kier alpha value is -0.450. The van der Waals surface area contributed by atoms with E-state index in [1.807, 2.05) is 0 Å². The van der Waals surface area contributed by atoms with E-state index in [4.69, 9.17) is 0 Å². The van der Waals surface area contributed by atoms with Crippen LogP contribution < -0.4 is 5.32 Å². The van der Waals surface area contributed by atoms with Crippen molar-refractivity contribution in [3.63, 3.8) is 0 Å². The predicted molar refractivity (Wildman–Crippen MR) is 98.6 cm³/mol. The Bertz CT molecular complexity index is 590. The van der Waals surface area contributed by atoms with Gasteiger partial charge in [0.25, 0.3) is 0 Å². The van der Waals surface area contributed by atoms with Gasteiger partial charge in [-0.2, -0.15) is 0 Å². The van der Waals surface area contributed by atoms with Crippen molar-refractivity contribution in [3.8, 4) is 0 Å². The number of nitrogens with one attached hydrogen (secondary N) is 1. The van der Waals surface area contributed by atoms with E-state index in [-0.39, 0.29) is 0 Å². The molecule has 1 aliphatic rings. The molecule has 1 atom stereocenters. The fourth-order valence-electron chi connectivity index (χ4n) is 2.79. The molecule has 1 saturated carbocycles. The van der Waals surface area contributed by atoms with E-state index in [0.717, 1.165) is 5.25 Å². The predicted octanol–water partition coefficient (Wildman–Crippen LogP) is 6.72. The molecule has 1 unspecified atom stereocenters. The average Bonchev–Trinajstić information content (AvgIpc) is 3.12. The number of para-hydroxylation sites is 1. The second kappa shape index (κ2) is 7.21. The SMILES string of the molecule is CC(Nc1ccccc1SC1CCCC1)c1sccc1Br. The highest BCUT2D eigenvalue weighted by molar-refractivity contribution is 9.10. The summed E-state index contributed by atoms with van der Waals surface area (Å²) in [5, 5.41) is 6.63. The second-order valence-corrected chi connectivity index (χ2v) is 8.66. The summed E-state index contributed by atoms with van der Waals surface area (Å²) < 4.78 is 1.20. The molecule has 0 radical (unpaired) electrons. The minimum absolute atomic E-state index is 0.324. The van der Waals surface area contributed by atoms with Crippen molar-refractivity contribution in [2.24, 2.45) is 0 Å². The summed E-state index contributed by atoms with van der Waals surface area (Å²) >= 11 is 7.48. The molecular weight excluding hydrogens is 362 g/mol. The quantitative estimate of drug-likeness (QED) is 0.616. The van der Waals surface area contributed by atoms with Crippen molar-refractivity contribution in [1.82, 2.24) is 0 Å². The van der Waals surface area contributed by atoms with Gasteiger partial charge in [-0.05, 0) is 59.3 Å². The van der Waals surface area contributed by atoms with Gasteiger partial charge in [-0.3, -0.25) is 0 Å². The minimum Gasteiger partial charge on any atom is -0.377 e. The number of thiophene rings is 1. The van der Waals surface area contributed by atoms with Crippen LogP contribution in [0.4, 0.5) is 5.69 Å². The van der Waals surface area contributed by atoms with Crippen molar-refractivity contribution >= 4 is 44.7 Å². The van der Waals surface area contributed by atoms with Crippen LogP contribution in [0.15, 0.2) is 45.1 Å². The zero-order chi connectivity index (χ0) is 14.7. The molecule has 1 heterocycles. The van der Waals surface area contributed by atoms with Crippen LogP contribution in [0.25, 0.3) is 0 Å². The Kier molecular flexibility index (Phi) is 5.30. The monoisotopic (exact) mass is 381 g/mol. The maximum atomic E-state index is 3.69. The second-order valence-electron chi connectivity index (χ2n) is 5.52. The summed E-state index contributed by atoms with van der Waals surface area (Å²) in [6.45, 7) is 2.23. The van der Waals surface area contributed by atoms with E-state index in [1.54, 1.807) is 11.3 Å². The van der Waals surface area contributed by atoms with E-state index in [0.29, 0.717) is 6.04 Å². The molecule has 2 aromatic rings. The maximum Gasteiger partial charge on any atom is 0.0590 e. The minimum atomic E-state index is 0.324. The normalized spacial score (nSPS) is 17.0. The summed E-state index contributed by atoms with van der Waals surface area (Å²) in [4.78, 5) is 2.75. The molecule has 0 amide bonds. The van der Waals surface area contributed by atoms with Crippen molar-refractivity contribution in [1.29, 1.82) is 0 Å². The van der Waals surface area contributed by atoms with Crippen LogP contribution in [0, 0.1) is 0 Å². The highest BCUT2D eigenvalue weighted by Gasteiger charge is 2.18. The van der Waals surface area contributed by atoms with Crippen LogP contribution in [-0.4, -0.2) is 5.25 Å². The largest absolute Gasteiger partial charge is 0.377 e. The lowest BCUT2D eigenvalue weighted by Crippen LogP contribution is -2.07. The molecular formula is C17H20BrNS2. The fourth-order valence-corrected chi connectivity index (χ4v) is 5.85. The molecule has 1 aliphatic carbocycles. The summed E-state index contributed by atoms with van der Waals surface area (Å²) in [7, 11) is 0. The number of rotatable bonds is 5. The Morgan fingerprint density at radius 3 is 2.71 bits per heavy atom. The molecule has 21 heavy (non-hydrogen) atoms. The highest BCUT2D eigenvalue weighted by Crippen LogP contribution is 2.39. The Morgan fingerprint density at radius 1 is 1.24 bits per heavy atom. The Labute approximate surface area is 143 Å². The molecule has 112 valence electrons. The number of halogens is 1. The molecule has 1 nitrogen and oxygen atoms in total. The Balaban J connectivity index is 1.74. The molecule has 1 fully saturated rings. The van der Waals surface area contributed by atoms with Gasteiger partial charge in [0.05, 0.1) is 6.04 Å². The number of benzene rings is 1. The number of anilines is 1. The molecule has 0 saturated heterocycles. The third-order valence-corrected chi connectivity index (χ3v) is 7.36. The Morgan fingerprint density at radius 2 is 2.00 bits per heavy atom. The lowest BCUT2D eigenvalue weighted by Gasteiger charge is -2.19. The van der Waals surface area contributed by atoms with Crippen molar-refractivity contribution in [2.45, 2.75) is 48.8 Å². The first-order valence-electron chi connectivity index (χ1n) is 7.49. The highest BCUT2D eigenvalue weighted by atomic mass is 79.9. The molecule has 1 aromatic carbocycles. The van der Waals surface area contributed by atoms with Gasteiger partial charge in [0.1, 0.15) is 0 Å². The van der Waals surface area contributed by atoms with Crippen LogP contribution >= 0.6 is 39.0 Å². The topological polar surface area (TPSA) is 12.0 Å². The molecule has 0 aliphatic heterocycles. The summed E-state index contributed by atoms with van der Waals surface area (Å²) in [6.07, 6.45) is 5.52. The maximum absolute atomic E-state index is 3.69. The molecule has 3 rings (SSSR count). The molecule has 0 bridgehead atoms. The first-order valence-corrected chi connectivity index (χ1v) is 10.0. The van der Waals surface area contributed by atoms with Crippen molar-refractivity contribution in [2.75, 3.05) is 5.32 Å². The molecule has 1 N–H and O–H groups in total. The van der Waals surface area contributed by atoms with Gasteiger partial charge in [0, 0.05) is 25.2 Å². The van der Waals surface area contributed by atoms with Crippen LogP contribution in [0.3, 0.4) is 0 Å². The standard InChI is InChI=1S/C17H20BrNS2/c1-12(17-14(18)10-11-20-17)19-15-8-4-5-9-16(15)21-13-6-2-3-7-13/h4-5,8-13,19H,2-3,6-7H2,1H3. The molecule has 1 aromatic heterocycles. The number of thioether (sulfide) groups is 1. The van der Waals surface area contributed by atoms with Crippen LogP contribution in [0.1, 0.15) is 43.5 Å². The average molecular weight is 382 g/mol. The van der Waals surface area contributed by atoms with E-state index in [9.17, 15) is 0 Å². The van der Waals surface area contributed by atoms with Gasteiger partial charge in [-0.1, -0.05) is 25.0 Å². The first kappa shape index (κ1) is 15.4. The zero-order valence-electron chi connectivity index (χ0n) is 12.1. The van der Waals surface area contributed by atoms with Gasteiger partial charge in [-0.25, -0.2) is 0 Å².